The highest BCUT2D eigenvalue weighted by Gasteiger charge is 2.08. The van der Waals surface area contributed by atoms with Gasteiger partial charge in [-0.25, -0.2) is 4.98 Å². The van der Waals surface area contributed by atoms with Gasteiger partial charge in [-0.2, -0.15) is 5.10 Å². The Balaban J connectivity index is 0.00000200. The zero-order valence-electron chi connectivity index (χ0n) is 10.8. The SMILES string of the molecule is Cc1cc(Br)cc(NC(=O)CCn2cncn2)c1N.Cl. The van der Waals surface area contributed by atoms with Crippen LogP contribution in [0.5, 0.6) is 0 Å². The van der Waals surface area contributed by atoms with Gasteiger partial charge < -0.3 is 11.1 Å². The van der Waals surface area contributed by atoms with E-state index in [4.69, 9.17) is 5.73 Å². The van der Waals surface area contributed by atoms with Gasteiger partial charge in [0.25, 0.3) is 0 Å². The van der Waals surface area contributed by atoms with E-state index in [0.717, 1.165) is 10.0 Å². The van der Waals surface area contributed by atoms with Crippen LogP contribution in [-0.2, 0) is 11.3 Å². The van der Waals surface area contributed by atoms with Crippen LogP contribution in [0.15, 0.2) is 29.3 Å². The predicted octanol–water partition coefficient (Wildman–Crippen LogP) is 2.38. The quantitative estimate of drug-likeness (QED) is 0.820. The minimum Gasteiger partial charge on any atom is -0.397 e. The summed E-state index contributed by atoms with van der Waals surface area (Å²) in [6.45, 7) is 2.38. The third-order valence-electron chi connectivity index (χ3n) is 2.66. The van der Waals surface area contributed by atoms with Gasteiger partial charge in [-0.05, 0) is 24.6 Å². The average molecular weight is 361 g/mol. The number of nitrogens with two attached hydrogens (primary N) is 1. The predicted molar refractivity (Wildman–Crippen MR) is 83.8 cm³/mol. The summed E-state index contributed by atoms with van der Waals surface area (Å²) < 4.78 is 2.49. The number of aryl methyl sites for hydroxylation is 2. The summed E-state index contributed by atoms with van der Waals surface area (Å²) in [7, 11) is 0. The second kappa shape index (κ2) is 7.25. The maximum Gasteiger partial charge on any atom is 0.226 e. The minimum absolute atomic E-state index is 0. The van der Waals surface area contributed by atoms with Gasteiger partial charge in [-0.15, -0.1) is 12.4 Å². The van der Waals surface area contributed by atoms with Crippen molar-refractivity contribution >= 4 is 45.6 Å². The molecule has 0 fully saturated rings. The largest absolute Gasteiger partial charge is 0.397 e. The topological polar surface area (TPSA) is 85.8 Å². The molecule has 1 heterocycles. The number of halogens is 2. The van der Waals surface area contributed by atoms with Gasteiger partial charge in [-0.1, -0.05) is 15.9 Å². The average Bonchev–Trinajstić information content (AvgIpc) is 2.86. The van der Waals surface area contributed by atoms with Gasteiger partial charge in [0, 0.05) is 10.9 Å². The molecule has 0 aliphatic carbocycles. The van der Waals surface area contributed by atoms with Crippen molar-refractivity contribution in [2.24, 2.45) is 0 Å². The van der Waals surface area contributed by atoms with Crippen molar-refractivity contribution in [3.05, 3.63) is 34.8 Å². The van der Waals surface area contributed by atoms with E-state index < -0.39 is 0 Å². The molecule has 3 N–H and O–H groups in total. The third-order valence-corrected chi connectivity index (χ3v) is 3.12. The van der Waals surface area contributed by atoms with E-state index in [2.05, 4.69) is 31.3 Å². The van der Waals surface area contributed by atoms with Crippen molar-refractivity contribution in [2.45, 2.75) is 19.9 Å². The molecule has 0 bridgehead atoms. The van der Waals surface area contributed by atoms with E-state index in [0.29, 0.717) is 24.3 Å². The number of carbonyl (C=O) groups is 1. The summed E-state index contributed by atoms with van der Waals surface area (Å²) >= 11 is 3.38. The van der Waals surface area contributed by atoms with E-state index >= 15 is 0 Å². The monoisotopic (exact) mass is 359 g/mol. The minimum atomic E-state index is -0.111. The summed E-state index contributed by atoms with van der Waals surface area (Å²) in [5, 5.41) is 6.73. The maximum absolute atomic E-state index is 11.8. The number of amides is 1. The van der Waals surface area contributed by atoms with Gasteiger partial charge in [0.15, 0.2) is 0 Å². The van der Waals surface area contributed by atoms with Gasteiger partial charge >= 0.3 is 0 Å². The molecule has 6 nitrogen and oxygen atoms in total. The van der Waals surface area contributed by atoms with Crippen LogP contribution in [0.25, 0.3) is 0 Å². The molecule has 0 aliphatic heterocycles. The normalized spacial score (nSPS) is 9.90. The third kappa shape index (κ3) is 4.21. The van der Waals surface area contributed by atoms with Crippen LogP contribution in [0.3, 0.4) is 0 Å². The highest BCUT2D eigenvalue weighted by Crippen LogP contribution is 2.27. The zero-order chi connectivity index (χ0) is 13.8. The Labute approximate surface area is 131 Å². The molecule has 0 radical (unpaired) electrons. The number of benzene rings is 1. The first-order chi connectivity index (χ1) is 9.06. The summed E-state index contributed by atoms with van der Waals surface area (Å²) in [6.07, 6.45) is 3.33. The molecule has 1 aromatic heterocycles. The lowest BCUT2D eigenvalue weighted by atomic mass is 10.1. The molecule has 2 rings (SSSR count). The Morgan fingerprint density at radius 3 is 2.90 bits per heavy atom. The van der Waals surface area contributed by atoms with Gasteiger partial charge in [-0.3, -0.25) is 9.48 Å². The standard InChI is InChI=1S/C12H14BrN5O.ClH/c1-8-4-9(13)5-10(12(8)14)17-11(19)2-3-18-7-15-6-16-18;/h4-7H,2-3,14H2,1H3,(H,17,19);1H. The number of hydrogen-bond acceptors (Lipinski definition) is 4. The molecule has 0 unspecified atom stereocenters. The van der Waals surface area contributed by atoms with E-state index in [1.165, 1.54) is 6.33 Å². The van der Waals surface area contributed by atoms with Crippen LogP contribution in [0.2, 0.25) is 0 Å². The maximum atomic E-state index is 11.8. The van der Waals surface area contributed by atoms with Gasteiger partial charge in [0.2, 0.25) is 5.91 Å². The van der Waals surface area contributed by atoms with E-state index in [1.54, 1.807) is 17.1 Å². The first-order valence-corrected chi connectivity index (χ1v) is 6.53. The molecule has 1 amide bonds. The molecule has 0 saturated carbocycles. The molecular weight excluding hydrogens is 346 g/mol. The van der Waals surface area contributed by atoms with Crippen molar-refractivity contribution in [1.82, 2.24) is 14.8 Å². The van der Waals surface area contributed by atoms with Gasteiger partial charge in [0.05, 0.1) is 17.9 Å². The molecule has 1 aromatic carbocycles. The molecule has 0 aliphatic rings. The van der Waals surface area contributed by atoms with E-state index in [-0.39, 0.29) is 18.3 Å². The lowest BCUT2D eigenvalue weighted by molar-refractivity contribution is -0.116. The summed E-state index contributed by atoms with van der Waals surface area (Å²) in [5.74, 6) is -0.111. The lowest BCUT2D eigenvalue weighted by Gasteiger charge is -2.11. The van der Waals surface area contributed by atoms with Crippen LogP contribution in [-0.4, -0.2) is 20.7 Å². The number of hydrogen-bond donors (Lipinski definition) is 2. The van der Waals surface area contributed by atoms with Gasteiger partial charge in [0.1, 0.15) is 12.7 Å². The molecule has 20 heavy (non-hydrogen) atoms. The summed E-state index contributed by atoms with van der Waals surface area (Å²) in [4.78, 5) is 15.7. The molecule has 2 aromatic rings. The first-order valence-electron chi connectivity index (χ1n) is 5.74. The number of aromatic nitrogens is 3. The van der Waals surface area contributed by atoms with Crippen molar-refractivity contribution < 1.29 is 4.79 Å². The molecule has 108 valence electrons. The van der Waals surface area contributed by atoms with Crippen molar-refractivity contribution in [2.75, 3.05) is 11.1 Å². The number of nitrogens with one attached hydrogen (secondary N) is 1. The second-order valence-corrected chi connectivity index (χ2v) is 5.06. The number of carbonyl (C=O) groups excluding carboxylic acids is 1. The first kappa shape index (κ1) is 16.5. The van der Waals surface area contributed by atoms with Crippen LogP contribution in [0, 0.1) is 6.92 Å². The van der Waals surface area contributed by atoms with Crippen molar-refractivity contribution in [3.8, 4) is 0 Å². The Bertz CT molecular complexity index is 588. The second-order valence-electron chi connectivity index (χ2n) is 4.14. The Kier molecular flexibility index (Phi) is 5.97. The highest BCUT2D eigenvalue weighted by molar-refractivity contribution is 9.10. The zero-order valence-corrected chi connectivity index (χ0v) is 13.2. The fraction of sp³-hybridized carbons (Fsp3) is 0.250. The summed E-state index contributed by atoms with van der Waals surface area (Å²) in [6, 6.07) is 3.69. The molecule has 0 atom stereocenters. The fourth-order valence-electron chi connectivity index (χ4n) is 1.63. The van der Waals surface area contributed by atoms with Crippen LogP contribution in [0.4, 0.5) is 11.4 Å². The van der Waals surface area contributed by atoms with Crippen molar-refractivity contribution in [3.63, 3.8) is 0 Å². The van der Waals surface area contributed by atoms with E-state index in [1.807, 2.05) is 13.0 Å². The number of nitrogens with zero attached hydrogens (tertiary/aromatic N) is 3. The van der Waals surface area contributed by atoms with Crippen molar-refractivity contribution in [1.29, 1.82) is 0 Å². The Hall–Kier alpha value is -1.60. The van der Waals surface area contributed by atoms with Crippen LogP contribution >= 0.6 is 28.3 Å². The van der Waals surface area contributed by atoms with E-state index in [9.17, 15) is 4.79 Å². The summed E-state index contributed by atoms with van der Waals surface area (Å²) in [5.41, 5.74) is 8.05. The lowest BCUT2D eigenvalue weighted by Crippen LogP contribution is -2.16. The smallest absolute Gasteiger partial charge is 0.226 e. The number of anilines is 2. The molecule has 0 saturated heterocycles. The number of nitrogen functional groups attached to an aromatic ring is 1. The van der Waals surface area contributed by atoms with Crippen LogP contribution < -0.4 is 11.1 Å². The molecule has 8 heteroatoms. The van der Waals surface area contributed by atoms with Crippen LogP contribution in [0.1, 0.15) is 12.0 Å². The highest BCUT2D eigenvalue weighted by atomic mass is 79.9. The Morgan fingerprint density at radius 2 is 2.25 bits per heavy atom. The Morgan fingerprint density at radius 1 is 1.50 bits per heavy atom. The molecular formula is C12H15BrClN5O. The number of rotatable bonds is 4. The fourth-order valence-corrected chi connectivity index (χ4v) is 2.21. The molecule has 0 spiro atoms.